The lowest BCUT2D eigenvalue weighted by molar-refractivity contribution is 0.147. The van der Waals surface area contributed by atoms with Crippen LogP contribution in [0.15, 0.2) is 24.3 Å². The van der Waals surface area contributed by atoms with E-state index in [1.807, 2.05) is 0 Å². The van der Waals surface area contributed by atoms with Crippen molar-refractivity contribution in [2.24, 2.45) is 0 Å². The Morgan fingerprint density at radius 1 is 1.20 bits per heavy atom. The zero-order valence-electron chi connectivity index (χ0n) is 13.2. The van der Waals surface area contributed by atoms with Crippen molar-refractivity contribution in [3.8, 4) is 5.75 Å². The first-order valence-corrected chi connectivity index (χ1v) is 8.19. The maximum Gasteiger partial charge on any atom is 0.123 e. The number of nitrogens with one attached hydrogen (secondary N) is 1. The van der Waals surface area contributed by atoms with Crippen LogP contribution in [0.2, 0.25) is 0 Å². The summed E-state index contributed by atoms with van der Waals surface area (Å²) in [5, 5.41) is 3.45. The van der Waals surface area contributed by atoms with E-state index >= 15 is 0 Å². The average molecular weight is 275 g/mol. The van der Waals surface area contributed by atoms with Gasteiger partial charge in [0.2, 0.25) is 0 Å². The predicted octanol–water partition coefficient (Wildman–Crippen LogP) is 4.50. The summed E-state index contributed by atoms with van der Waals surface area (Å²) in [6.45, 7) is 4.52. The molecule has 1 aliphatic carbocycles. The van der Waals surface area contributed by atoms with Gasteiger partial charge in [0.05, 0.1) is 0 Å². The standard InChI is InChI=1S/C18H29NO/c1-4-14(2)15-10-8-9-12-17(15)20-18-13-7-5-6-11-16(18)19-3/h8-10,12,14,16,18-19H,4-7,11,13H2,1-3H3. The minimum atomic E-state index is 0.313. The number of rotatable bonds is 5. The summed E-state index contributed by atoms with van der Waals surface area (Å²) < 4.78 is 6.43. The predicted molar refractivity (Wildman–Crippen MR) is 85.5 cm³/mol. The van der Waals surface area contributed by atoms with Gasteiger partial charge in [-0.3, -0.25) is 0 Å². The summed E-state index contributed by atoms with van der Waals surface area (Å²) in [6, 6.07) is 9.05. The van der Waals surface area contributed by atoms with Gasteiger partial charge in [0.15, 0.2) is 0 Å². The zero-order chi connectivity index (χ0) is 14.4. The molecule has 1 aromatic carbocycles. The highest BCUT2D eigenvalue weighted by molar-refractivity contribution is 5.36. The molecule has 1 aliphatic rings. The van der Waals surface area contributed by atoms with Crippen LogP contribution >= 0.6 is 0 Å². The maximum absolute atomic E-state index is 6.43. The SMILES string of the molecule is CCC(C)c1ccccc1OC1CCCCCC1NC. The quantitative estimate of drug-likeness (QED) is 0.799. The van der Waals surface area contributed by atoms with Crippen LogP contribution in [0.1, 0.15) is 63.9 Å². The van der Waals surface area contributed by atoms with Crippen LogP contribution in [0.25, 0.3) is 0 Å². The molecule has 0 aromatic heterocycles. The first-order chi connectivity index (χ1) is 9.76. The van der Waals surface area contributed by atoms with Gasteiger partial charge in [-0.05, 0) is 50.3 Å². The molecule has 2 rings (SSSR count). The van der Waals surface area contributed by atoms with E-state index in [0.29, 0.717) is 18.1 Å². The smallest absolute Gasteiger partial charge is 0.123 e. The average Bonchev–Trinajstić information content (AvgIpc) is 2.72. The number of ether oxygens (including phenoxy) is 1. The molecule has 2 heteroatoms. The Balaban J connectivity index is 2.15. The van der Waals surface area contributed by atoms with Crippen LogP contribution in [0, 0.1) is 0 Å². The van der Waals surface area contributed by atoms with E-state index in [2.05, 4.69) is 50.5 Å². The van der Waals surface area contributed by atoms with Gasteiger partial charge in [-0.1, -0.05) is 44.9 Å². The number of hydrogen-bond acceptors (Lipinski definition) is 2. The van der Waals surface area contributed by atoms with Crippen molar-refractivity contribution in [2.45, 2.75) is 70.4 Å². The summed E-state index contributed by atoms with van der Waals surface area (Å²) in [5.74, 6) is 1.65. The third-order valence-electron chi connectivity index (χ3n) is 4.66. The molecule has 3 unspecified atom stereocenters. The molecule has 1 saturated carbocycles. The number of likely N-dealkylation sites (N-methyl/N-ethyl adjacent to an activating group) is 1. The van der Waals surface area contributed by atoms with Crippen molar-refractivity contribution in [3.63, 3.8) is 0 Å². The fourth-order valence-corrected chi connectivity index (χ4v) is 3.12. The highest BCUT2D eigenvalue weighted by Gasteiger charge is 2.25. The summed E-state index contributed by atoms with van der Waals surface area (Å²) >= 11 is 0. The third kappa shape index (κ3) is 3.76. The fourth-order valence-electron chi connectivity index (χ4n) is 3.12. The van der Waals surface area contributed by atoms with Gasteiger partial charge in [0.1, 0.15) is 11.9 Å². The first kappa shape index (κ1) is 15.4. The second kappa shape index (κ2) is 7.68. The summed E-state index contributed by atoms with van der Waals surface area (Å²) in [4.78, 5) is 0. The Morgan fingerprint density at radius 2 is 1.95 bits per heavy atom. The molecule has 1 fully saturated rings. The minimum Gasteiger partial charge on any atom is -0.489 e. The molecule has 0 spiro atoms. The normalized spacial score (nSPS) is 24.9. The highest BCUT2D eigenvalue weighted by Crippen LogP contribution is 2.31. The molecule has 2 nitrogen and oxygen atoms in total. The monoisotopic (exact) mass is 275 g/mol. The van der Waals surface area contributed by atoms with Crippen LogP contribution in [-0.2, 0) is 0 Å². The van der Waals surface area contributed by atoms with Crippen LogP contribution < -0.4 is 10.1 Å². The number of para-hydroxylation sites is 1. The molecular weight excluding hydrogens is 246 g/mol. The van der Waals surface area contributed by atoms with E-state index in [-0.39, 0.29) is 0 Å². The molecule has 20 heavy (non-hydrogen) atoms. The fraction of sp³-hybridized carbons (Fsp3) is 0.667. The third-order valence-corrected chi connectivity index (χ3v) is 4.66. The van der Waals surface area contributed by atoms with Crippen molar-refractivity contribution in [1.29, 1.82) is 0 Å². The van der Waals surface area contributed by atoms with E-state index in [0.717, 1.165) is 12.2 Å². The van der Waals surface area contributed by atoms with Crippen LogP contribution in [0.3, 0.4) is 0 Å². The second-order valence-electron chi connectivity index (χ2n) is 6.04. The van der Waals surface area contributed by atoms with E-state index in [1.54, 1.807) is 0 Å². The molecule has 1 N–H and O–H groups in total. The molecule has 0 amide bonds. The van der Waals surface area contributed by atoms with Crippen LogP contribution in [0.5, 0.6) is 5.75 Å². The molecule has 0 heterocycles. The molecule has 0 bridgehead atoms. The van der Waals surface area contributed by atoms with Crippen molar-refractivity contribution < 1.29 is 4.74 Å². The molecule has 1 aromatic rings. The Morgan fingerprint density at radius 3 is 2.70 bits per heavy atom. The van der Waals surface area contributed by atoms with Crippen molar-refractivity contribution in [3.05, 3.63) is 29.8 Å². The largest absolute Gasteiger partial charge is 0.489 e. The number of benzene rings is 1. The zero-order valence-corrected chi connectivity index (χ0v) is 13.2. The van der Waals surface area contributed by atoms with E-state index in [4.69, 9.17) is 4.74 Å². The number of hydrogen-bond donors (Lipinski definition) is 1. The molecule has 0 radical (unpaired) electrons. The van der Waals surface area contributed by atoms with E-state index in [9.17, 15) is 0 Å². The minimum absolute atomic E-state index is 0.313. The lowest BCUT2D eigenvalue weighted by Crippen LogP contribution is -2.40. The lowest BCUT2D eigenvalue weighted by atomic mass is 9.97. The molecular formula is C18H29NO. The topological polar surface area (TPSA) is 21.3 Å². The van der Waals surface area contributed by atoms with Crippen molar-refractivity contribution in [1.82, 2.24) is 5.32 Å². The Labute approximate surface area is 123 Å². The van der Waals surface area contributed by atoms with Crippen LogP contribution in [0.4, 0.5) is 0 Å². The maximum atomic E-state index is 6.43. The van der Waals surface area contributed by atoms with Gasteiger partial charge in [0.25, 0.3) is 0 Å². The van der Waals surface area contributed by atoms with Gasteiger partial charge in [-0.15, -0.1) is 0 Å². The van der Waals surface area contributed by atoms with E-state index < -0.39 is 0 Å². The first-order valence-electron chi connectivity index (χ1n) is 8.19. The van der Waals surface area contributed by atoms with Crippen molar-refractivity contribution in [2.75, 3.05) is 7.05 Å². The van der Waals surface area contributed by atoms with Crippen LogP contribution in [-0.4, -0.2) is 19.2 Å². The molecule has 0 saturated heterocycles. The Bertz CT molecular complexity index is 404. The molecule has 0 aliphatic heterocycles. The van der Waals surface area contributed by atoms with Gasteiger partial charge in [-0.2, -0.15) is 0 Å². The van der Waals surface area contributed by atoms with Gasteiger partial charge >= 0.3 is 0 Å². The van der Waals surface area contributed by atoms with Gasteiger partial charge in [0, 0.05) is 6.04 Å². The molecule has 3 atom stereocenters. The Kier molecular flexibility index (Phi) is 5.90. The second-order valence-corrected chi connectivity index (χ2v) is 6.04. The van der Waals surface area contributed by atoms with Gasteiger partial charge < -0.3 is 10.1 Å². The summed E-state index contributed by atoms with van der Waals surface area (Å²) in [5.41, 5.74) is 1.36. The lowest BCUT2D eigenvalue weighted by Gasteiger charge is -2.27. The summed E-state index contributed by atoms with van der Waals surface area (Å²) in [6.07, 6.45) is 7.80. The van der Waals surface area contributed by atoms with Gasteiger partial charge in [-0.25, -0.2) is 0 Å². The van der Waals surface area contributed by atoms with E-state index in [1.165, 1.54) is 37.7 Å². The highest BCUT2D eigenvalue weighted by atomic mass is 16.5. The Hall–Kier alpha value is -1.02. The molecule has 112 valence electrons. The van der Waals surface area contributed by atoms with Crippen molar-refractivity contribution >= 4 is 0 Å². The summed E-state index contributed by atoms with van der Waals surface area (Å²) in [7, 11) is 2.06.